The van der Waals surface area contributed by atoms with E-state index in [0.717, 1.165) is 60.7 Å². The van der Waals surface area contributed by atoms with Crippen molar-refractivity contribution in [2.24, 2.45) is 0 Å². The number of esters is 1. The maximum absolute atomic E-state index is 12.2. The van der Waals surface area contributed by atoms with Crippen molar-refractivity contribution >= 4 is 5.97 Å². The van der Waals surface area contributed by atoms with Crippen LogP contribution < -0.4 is 4.74 Å². The number of ether oxygens (including phenoxy) is 2. The quantitative estimate of drug-likeness (QED) is 0.453. The van der Waals surface area contributed by atoms with Gasteiger partial charge in [-0.25, -0.2) is 4.98 Å². The Bertz CT molecular complexity index is 1100. The summed E-state index contributed by atoms with van der Waals surface area (Å²) in [7, 11) is 1.47. The molecule has 3 aromatic rings. The van der Waals surface area contributed by atoms with E-state index in [0.29, 0.717) is 12.5 Å². The Morgan fingerprint density at radius 1 is 1.12 bits per heavy atom. The predicted octanol–water partition coefficient (Wildman–Crippen LogP) is 5.37. The lowest BCUT2D eigenvalue weighted by atomic mass is 10.00. The van der Waals surface area contributed by atoms with Crippen LogP contribution in [0.25, 0.3) is 11.5 Å². The molecule has 1 fully saturated rings. The fourth-order valence-corrected chi connectivity index (χ4v) is 4.27. The van der Waals surface area contributed by atoms with Crippen LogP contribution in [0.4, 0.5) is 0 Å². The molecular formula is C27H32N2O4. The van der Waals surface area contributed by atoms with Crippen LogP contribution >= 0.6 is 0 Å². The van der Waals surface area contributed by atoms with Gasteiger partial charge >= 0.3 is 5.97 Å². The molecule has 1 atom stereocenters. The molecule has 0 amide bonds. The van der Waals surface area contributed by atoms with Crippen molar-refractivity contribution in [1.82, 2.24) is 9.88 Å². The lowest BCUT2D eigenvalue weighted by molar-refractivity contribution is -0.148. The second-order valence-corrected chi connectivity index (χ2v) is 8.77. The van der Waals surface area contributed by atoms with E-state index >= 15 is 0 Å². The molecule has 0 spiro atoms. The first-order chi connectivity index (χ1) is 15.9. The van der Waals surface area contributed by atoms with Crippen molar-refractivity contribution in [2.45, 2.75) is 59.2 Å². The average molecular weight is 449 g/mol. The van der Waals surface area contributed by atoms with E-state index in [1.807, 2.05) is 43.3 Å². The largest absolute Gasteiger partial charge is 0.487 e. The standard InChI is InChI=1S/C27H32N2O4/c1-18-8-10-21(11-9-18)26-28-24(20(3)33-26)17-32-23-13-12-22(19(2)15-23)16-29-14-6-5-7-25(29)27(30)31-4/h8-13,15,25H,5-7,14,16-17H2,1-4H3. The van der Waals surface area contributed by atoms with Crippen molar-refractivity contribution in [2.75, 3.05) is 13.7 Å². The van der Waals surface area contributed by atoms with Crippen molar-refractivity contribution in [1.29, 1.82) is 0 Å². The van der Waals surface area contributed by atoms with Gasteiger partial charge in [-0.15, -0.1) is 0 Å². The van der Waals surface area contributed by atoms with Crippen LogP contribution in [0.15, 0.2) is 46.9 Å². The molecule has 1 saturated heterocycles. The van der Waals surface area contributed by atoms with Crippen molar-refractivity contribution in [3.8, 4) is 17.2 Å². The number of methoxy groups -OCH3 is 1. The summed E-state index contributed by atoms with van der Waals surface area (Å²) in [5.41, 5.74) is 5.28. The first-order valence-corrected chi connectivity index (χ1v) is 11.5. The molecule has 4 rings (SSSR count). The maximum Gasteiger partial charge on any atom is 0.323 e. The highest BCUT2D eigenvalue weighted by Crippen LogP contribution is 2.26. The second-order valence-electron chi connectivity index (χ2n) is 8.77. The Hall–Kier alpha value is -3.12. The highest BCUT2D eigenvalue weighted by Gasteiger charge is 2.29. The van der Waals surface area contributed by atoms with E-state index in [1.165, 1.54) is 18.2 Å². The smallest absolute Gasteiger partial charge is 0.323 e. The summed E-state index contributed by atoms with van der Waals surface area (Å²) in [5.74, 6) is 2.02. The van der Waals surface area contributed by atoms with Gasteiger partial charge in [-0.3, -0.25) is 9.69 Å². The summed E-state index contributed by atoms with van der Waals surface area (Å²) < 4.78 is 16.9. The zero-order valence-electron chi connectivity index (χ0n) is 19.9. The fourth-order valence-electron chi connectivity index (χ4n) is 4.27. The number of hydrogen-bond donors (Lipinski definition) is 0. The molecule has 6 nitrogen and oxygen atoms in total. The molecule has 0 aliphatic carbocycles. The summed E-state index contributed by atoms with van der Waals surface area (Å²) in [4.78, 5) is 19.0. The van der Waals surface area contributed by atoms with Crippen molar-refractivity contribution in [3.63, 3.8) is 0 Å². The molecule has 1 aromatic heterocycles. The van der Waals surface area contributed by atoms with Crippen LogP contribution in [0, 0.1) is 20.8 Å². The number of likely N-dealkylation sites (tertiary alicyclic amines) is 1. The van der Waals surface area contributed by atoms with Crippen LogP contribution in [0.3, 0.4) is 0 Å². The number of carbonyl (C=O) groups is 1. The predicted molar refractivity (Wildman–Crippen MR) is 127 cm³/mol. The van der Waals surface area contributed by atoms with Crippen molar-refractivity contribution in [3.05, 3.63) is 70.6 Å². The minimum absolute atomic E-state index is 0.139. The second kappa shape index (κ2) is 10.2. The fraction of sp³-hybridized carbons (Fsp3) is 0.407. The van der Waals surface area contributed by atoms with Gasteiger partial charge in [0.2, 0.25) is 5.89 Å². The SMILES string of the molecule is COC(=O)C1CCCCN1Cc1ccc(OCc2nc(-c3ccc(C)cc3)oc2C)cc1C. The third kappa shape index (κ3) is 5.45. The Labute approximate surface area is 195 Å². The third-order valence-corrected chi connectivity index (χ3v) is 6.34. The van der Waals surface area contributed by atoms with Gasteiger partial charge in [0, 0.05) is 12.1 Å². The van der Waals surface area contributed by atoms with Gasteiger partial charge < -0.3 is 13.9 Å². The van der Waals surface area contributed by atoms with Crippen LogP contribution in [0.1, 0.15) is 47.4 Å². The molecule has 0 N–H and O–H groups in total. The lowest BCUT2D eigenvalue weighted by Crippen LogP contribution is -2.44. The summed E-state index contributed by atoms with van der Waals surface area (Å²) in [6, 6.07) is 14.1. The topological polar surface area (TPSA) is 64.8 Å². The number of aryl methyl sites for hydroxylation is 3. The number of oxazole rings is 1. The van der Waals surface area contributed by atoms with E-state index in [2.05, 4.69) is 29.8 Å². The number of nitrogens with zero attached hydrogens (tertiary/aromatic N) is 2. The van der Waals surface area contributed by atoms with E-state index in [4.69, 9.17) is 13.9 Å². The van der Waals surface area contributed by atoms with Crippen LogP contribution in [0.2, 0.25) is 0 Å². The van der Waals surface area contributed by atoms with Crippen LogP contribution in [-0.2, 0) is 22.7 Å². The zero-order chi connectivity index (χ0) is 23.4. The lowest BCUT2D eigenvalue weighted by Gasteiger charge is -2.34. The summed E-state index contributed by atoms with van der Waals surface area (Å²) >= 11 is 0. The van der Waals surface area contributed by atoms with E-state index in [1.54, 1.807) is 0 Å². The van der Waals surface area contributed by atoms with Gasteiger partial charge in [-0.05, 0) is 75.5 Å². The Balaban J connectivity index is 1.41. The molecule has 174 valence electrons. The average Bonchev–Trinajstić information content (AvgIpc) is 3.20. The molecule has 6 heteroatoms. The molecule has 2 aromatic carbocycles. The summed E-state index contributed by atoms with van der Waals surface area (Å²) in [5, 5.41) is 0. The summed E-state index contributed by atoms with van der Waals surface area (Å²) in [6.45, 7) is 8.03. The van der Waals surface area contributed by atoms with Gasteiger partial charge in [0.1, 0.15) is 29.9 Å². The number of rotatable bonds is 7. The zero-order valence-corrected chi connectivity index (χ0v) is 19.9. The van der Waals surface area contributed by atoms with Crippen LogP contribution in [0.5, 0.6) is 5.75 Å². The highest BCUT2D eigenvalue weighted by atomic mass is 16.5. The molecule has 33 heavy (non-hydrogen) atoms. The number of aromatic nitrogens is 1. The molecular weight excluding hydrogens is 416 g/mol. The van der Waals surface area contributed by atoms with Gasteiger partial charge in [0.05, 0.1) is 7.11 Å². The summed E-state index contributed by atoms with van der Waals surface area (Å²) in [6.07, 6.45) is 3.03. The van der Waals surface area contributed by atoms with E-state index in [9.17, 15) is 4.79 Å². The number of benzene rings is 2. The highest BCUT2D eigenvalue weighted by molar-refractivity contribution is 5.75. The maximum atomic E-state index is 12.2. The monoisotopic (exact) mass is 448 g/mol. The first kappa shape index (κ1) is 23.1. The Morgan fingerprint density at radius 2 is 1.91 bits per heavy atom. The van der Waals surface area contributed by atoms with Gasteiger partial charge in [-0.2, -0.15) is 0 Å². The normalized spacial score (nSPS) is 16.5. The Morgan fingerprint density at radius 3 is 2.64 bits per heavy atom. The molecule has 1 aliphatic heterocycles. The Kier molecular flexibility index (Phi) is 7.14. The molecule has 0 radical (unpaired) electrons. The number of carbonyl (C=O) groups excluding carboxylic acids is 1. The molecule has 1 unspecified atom stereocenters. The third-order valence-electron chi connectivity index (χ3n) is 6.34. The molecule has 1 aliphatic rings. The van der Waals surface area contributed by atoms with Crippen LogP contribution in [-0.4, -0.2) is 35.5 Å². The van der Waals surface area contributed by atoms with Gasteiger partial charge in [0.25, 0.3) is 0 Å². The minimum Gasteiger partial charge on any atom is -0.487 e. The van der Waals surface area contributed by atoms with Gasteiger partial charge in [-0.1, -0.05) is 30.2 Å². The molecule has 0 bridgehead atoms. The first-order valence-electron chi connectivity index (χ1n) is 11.5. The van der Waals surface area contributed by atoms with E-state index < -0.39 is 0 Å². The van der Waals surface area contributed by atoms with Gasteiger partial charge in [0.15, 0.2) is 0 Å². The molecule has 0 saturated carbocycles. The minimum atomic E-state index is -0.156. The molecule has 2 heterocycles. The van der Waals surface area contributed by atoms with E-state index in [-0.39, 0.29) is 12.0 Å². The number of hydrogen-bond acceptors (Lipinski definition) is 6. The number of piperidine rings is 1. The van der Waals surface area contributed by atoms with Crippen molar-refractivity contribution < 1.29 is 18.7 Å².